The van der Waals surface area contributed by atoms with Gasteiger partial charge in [-0.15, -0.1) is 11.3 Å². The van der Waals surface area contributed by atoms with Crippen LogP contribution in [0.4, 0.5) is 0 Å². The van der Waals surface area contributed by atoms with Gasteiger partial charge in [-0.25, -0.2) is 5.43 Å². The number of amides is 1. The van der Waals surface area contributed by atoms with Crippen LogP contribution in [0.2, 0.25) is 4.34 Å². The average molecular weight is 361 g/mol. The molecule has 1 aromatic carbocycles. The fraction of sp³-hybridized carbons (Fsp3) is 0.0588. The number of halogens is 1. The van der Waals surface area contributed by atoms with Crippen LogP contribution in [0, 0.1) is 0 Å². The van der Waals surface area contributed by atoms with Crippen molar-refractivity contribution in [2.45, 2.75) is 0 Å². The van der Waals surface area contributed by atoms with E-state index in [-0.39, 0.29) is 12.7 Å². The molecule has 1 aliphatic rings. The van der Waals surface area contributed by atoms with Crippen molar-refractivity contribution in [2.24, 2.45) is 5.10 Å². The second-order valence-electron chi connectivity index (χ2n) is 4.68. The van der Waals surface area contributed by atoms with Gasteiger partial charge in [-0.3, -0.25) is 4.79 Å². The van der Waals surface area contributed by atoms with Gasteiger partial charge >= 0.3 is 0 Å². The molecule has 1 N–H and O–H groups in total. The standard InChI is InChI=1S/C17H13ClN2O3S/c18-16-8-7-15(24-16)17(21)20-19-9-3-1-2-4-12-5-6-13-14(10-12)23-11-22-13/h1-10H,11H2,(H,20,21)/b3-1+,4-2+,19-9+. The summed E-state index contributed by atoms with van der Waals surface area (Å²) < 4.78 is 11.1. The number of hydrazone groups is 1. The van der Waals surface area contributed by atoms with E-state index in [1.54, 1.807) is 18.2 Å². The summed E-state index contributed by atoms with van der Waals surface area (Å²) in [5.41, 5.74) is 3.43. The van der Waals surface area contributed by atoms with E-state index >= 15 is 0 Å². The zero-order valence-electron chi connectivity index (χ0n) is 12.4. The van der Waals surface area contributed by atoms with Crippen LogP contribution < -0.4 is 14.9 Å². The molecule has 0 radical (unpaired) electrons. The van der Waals surface area contributed by atoms with Crippen LogP contribution in [0.3, 0.4) is 0 Å². The number of fused-ring (bicyclic) bond motifs is 1. The lowest BCUT2D eigenvalue weighted by Crippen LogP contribution is -2.15. The largest absolute Gasteiger partial charge is 0.454 e. The number of benzene rings is 1. The predicted molar refractivity (Wildman–Crippen MR) is 96.0 cm³/mol. The second-order valence-corrected chi connectivity index (χ2v) is 6.39. The summed E-state index contributed by atoms with van der Waals surface area (Å²) in [4.78, 5) is 12.2. The van der Waals surface area contributed by atoms with Gasteiger partial charge in [0.25, 0.3) is 5.91 Å². The summed E-state index contributed by atoms with van der Waals surface area (Å²) in [7, 11) is 0. The minimum atomic E-state index is -0.285. The molecule has 0 aliphatic carbocycles. The molecule has 1 aliphatic heterocycles. The maximum absolute atomic E-state index is 11.7. The van der Waals surface area contributed by atoms with Crippen LogP contribution in [0.25, 0.3) is 6.08 Å². The third-order valence-electron chi connectivity index (χ3n) is 3.03. The molecule has 0 atom stereocenters. The summed E-state index contributed by atoms with van der Waals surface area (Å²) in [5.74, 6) is 1.23. The Hall–Kier alpha value is -2.57. The fourth-order valence-corrected chi connectivity index (χ4v) is 2.86. The molecule has 2 heterocycles. The molecule has 0 unspecified atom stereocenters. The van der Waals surface area contributed by atoms with Crippen molar-refractivity contribution in [3.63, 3.8) is 0 Å². The van der Waals surface area contributed by atoms with E-state index in [2.05, 4.69) is 10.5 Å². The van der Waals surface area contributed by atoms with Gasteiger partial charge < -0.3 is 9.47 Å². The monoisotopic (exact) mass is 360 g/mol. The third kappa shape index (κ3) is 4.24. The number of rotatable bonds is 5. The zero-order chi connectivity index (χ0) is 16.8. The Bertz CT molecular complexity index is 827. The lowest BCUT2D eigenvalue weighted by Gasteiger charge is -1.96. The number of hydrogen-bond donors (Lipinski definition) is 1. The zero-order valence-corrected chi connectivity index (χ0v) is 14.0. The Morgan fingerprint density at radius 2 is 2.04 bits per heavy atom. The molecule has 0 saturated heterocycles. The number of nitrogens with one attached hydrogen (secondary N) is 1. The molecule has 5 nitrogen and oxygen atoms in total. The molecular formula is C17H13ClN2O3S. The quantitative estimate of drug-likeness (QED) is 0.495. The number of thiophene rings is 1. The van der Waals surface area contributed by atoms with Crippen LogP contribution in [0.15, 0.2) is 53.7 Å². The first-order valence-corrected chi connectivity index (χ1v) is 8.23. The summed E-state index contributed by atoms with van der Waals surface area (Å²) in [6.45, 7) is 0.266. The van der Waals surface area contributed by atoms with E-state index < -0.39 is 0 Å². The minimum absolute atomic E-state index is 0.266. The van der Waals surface area contributed by atoms with Crippen molar-refractivity contribution in [1.82, 2.24) is 5.43 Å². The van der Waals surface area contributed by atoms with E-state index in [9.17, 15) is 4.79 Å². The van der Waals surface area contributed by atoms with Crippen molar-refractivity contribution in [1.29, 1.82) is 0 Å². The van der Waals surface area contributed by atoms with Gasteiger partial charge in [0.05, 0.1) is 9.21 Å². The first kappa shape index (κ1) is 16.3. The highest BCUT2D eigenvalue weighted by molar-refractivity contribution is 7.17. The van der Waals surface area contributed by atoms with Gasteiger partial charge in [0.1, 0.15) is 0 Å². The molecular weight excluding hydrogens is 348 g/mol. The van der Waals surface area contributed by atoms with Crippen molar-refractivity contribution < 1.29 is 14.3 Å². The number of nitrogens with zero attached hydrogens (tertiary/aromatic N) is 1. The van der Waals surface area contributed by atoms with Crippen molar-refractivity contribution >= 4 is 41.1 Å². The molecule has 3 rings (SSSR count). The molecule has 0 saturated carbocycles. The van der Waals surface area contributed by atoms with Gasteiger partial charge in [0, 0.05) is 6.21 Å². The van der Waals surface area contributed by atoms with Crippen LogP contribution in [-0.4, -0.2) is 18.9 Å². The predicted octanol–water partition coefficient (Wildman–Crippen LogP) is 4.12. The summed E-state index contributed by atoms with van der Waals surface area (Å²) in [5, 5.41) is 3.83. The Kier molecular flexibility index (Phi) is 5.30. The molecule has 0 spiro atoms. The van der Waals surface area contributed by atoms with Crippen LogP contribution in [0.5, 0.6) is 11.5 Å². The topological polar surface area (TPSA) is 59.9 Å². The molecule has 0 fully saturated rings. The first-order valence-electron chi connectivity index (χ1n) is 7.04. The Balaban J connectivity index is 1.47. The van der Waals surface area contributed by atoms with Gasteiger partial charge in [-0.05, 0) is 35.9 Å². The van der Waals surface area contributed by atoms with Crippen LogP contribution >= 0.6 is 22.9 Å². The maximum Gasteiger partial charge on any atom is 0.281 e. The van der Waals surface area contributed by atoms with E-state index in [4.69, 9.17) is 21.1 Å². The number of carbonyl (C=O) groups excluding carboxylic acids is 1. The highest BCUT2D eigenvalue weighted by Crippen LogP contribution is 2.32. The maximum atomic E-state index is 11.7. The Morgan fingerprint density at radius 1 is 1.17 bits per heavy atom. The van der Waals surface area contributed by atoms with Crippen molar-refractivity contribution in [3.8, 4) is 11.5 Å². The van der Waals surface area contributed by atoms with E-state index in [0.717, 1.165) is 17.1 Å². The SMILES string of the molecule is O=C(N/N=C/C=C/C=C/c1ccc2c(c1)OCO2)c1ccc(Cl)s1. The first-order chi connectivity index (χ1) is 11.7. The molecule has 122 valence electrons. The van der Waals surface area contributed by atoms with Crippen molar-refractivity contribution in [3.05, 3.63) is 63.3 Å². The molecule has 7 heteroatoms. The van der Waals surface area contributed by atoms with Gasteiger partial charge in [-0.1, -0.05) is 35.9 Å². The van der Waals surface area contributed by atoms with Gasteiger partial charge in [0.15, 0.2) is 11.5 Å². The molecule has 1 amide bonds. The molecule has 0 bridgehead atoms. The third-order valence-corrected chi connectivity index (χ3v) is 4.26. The lowest BCUT2D eigenvalue weighted by atomic mass is 10.2. The van der Waals surface area contributed by atoms with Crippen LogP contribution in [0.1, 0.15) is 15.2 Å². The Labute approximate surface area is 147 Å². The average Bonchev–Trinajstić information content (AvgIpc) is 3.22. The number of carbonyl (C=O) groups is 1. The van der Waals surface area contributed by atoms with Gasteiger partial charge in [0.2, 0.25) is 6.79 Å². The van der Waals surface area contributed by atoms with Crippen molar-refractivity contribution in [2.75, 3.05) is 6.79 Å². The summed E-state index contributed by atoms with van der Waals surface area (Å²) in [6.07, 6.45) is 8.81. The van der Waals surface area contributed by atoms with Crippen LogP contribution in [-0.2, 0) is 0 Å². The number of ether oxygens (including phenoxy) is 2. The highest BCUT2D eigenvalue weighted by atomic mass is 35.5. The lowest BCUT2D eigenvalue weighted by molar-refractivity contribution is 0.0959. The van der Waals surface area contributed by atoms with E-state index in [1.165, 1.54) is 17.6 Å². The Morgan fingerprint density at radius 3 is 2.88 bits per heavy atom. The smallest absolute Gasteiger partial charge is 0.281 e. The molecule has 1 aromatic heterocycles. The van der Waals surface area contributed by atoms with E-state index in [1.807, 2.05) is 36.4 Å². The molecule has 24 heavy (non-hydrogen) atoms. The minimum Gasteiger partial charge on any atom is -0.454 e. The summed E-state index contributed by atoms with van der Waals surface area (Å²) >= 11 is 6.98. The molecule has 2 aromatic rings. The number of hydrogen-bond acceptors (Lipinski definition) is 5. The van der Waals surface area contributed by atoms with E-state index in [0.29, 0.717) is 9.21 Å². The van der Waals surface area contributed by atoms with Gasteiger partial charge in [-0.2, -0.15) is 5.10 Å². The summed E-state index contributed by atoms with van der Waals surface area (Å²) in [6, 6.07) is 9.05. The highest BCUT2D eigenvalue weighted by Gasteiger charge is 2.11. The number of allylic oxidation sites excluding steroid dienone is 3. The fourth-order valence-electron chi connectivity index (χ4n) is 1.93. The normalized spacial score (nSPS) is 13.4. The second kappa shape index (κ2) is 7.81.